The third kappa shape index (κ3) is 2.85. The lowest BCUT2D eigenvalue weighted by molar-refractivity contribution is 0.249. The SMILES string of the molecule is C/C(=N/NC(N)=O)c1oc(C)cc1C(C)C. The van der Waals surface area contributed by atoms with Crippen molar-refractivity contribution in [1.82, 2.24) is 5.43 Å². The number of furan rings is 1. The fraction of sp³-hybridized carbons (Fsp3) is 0.455. The fourth-order valence-electron chi connectivity index (χ4n) is 1.44. The Morgan fingerprint density at radius 2 is 2.19 bits per heavy atom. The number of nitrogens with zero attached hydrogens (tertiary/aromatic N) is 1. The summed E-state index contributed by atoms with van der Waals surface area (Å²) in [6.45, 7) is 7.79. The van der Waals surface area contributed by atoms with Crippen molar-refractivity contribution >= 4 is 11.7 Å². The molecule has 0 saturated heterocycles. The summed E-state index contributed by atoms with van der Waals surface area (Å²) in [5.41, 5.74) is 8.80. The van der Waals surface area contributed by atoms with Crippen molar-refractivity contribution in [3.8, 4) is 0 Å². The van der Waals surface area contributed by atoms with Crippen molar-refractivity contribution in [3.63, 3.8) is 0 Å². The second kappa shape index (κ2) is 4.83. The van der Waals surface area contributed by atoms with Crippen LogP contribution in [0.5, 0.6) is 0 Å². The van der Waals surface area contributed by atoms with Gasteiger partial charge in [-0.15, -0.1) is 0 Å². The third-order valence-electron chi connectivity index (χ3n) is 2.17. The van der Waals surface area contributed by atoms with Crippen LogP contribution in [0.3, 0.4) is 0 Å². The third-order valence-corrected chi connectivity index (χ3v) is 2.17. The zero-order chi connectivity index (χ0) is 12.3. The summed E-state index contributed by atoms with van der Waals surface area (Å²) >= 11 is 0. The first kappa shape index (κ1) is 12.3. The number of amides is 2. The summed E-state index contributed by atoms with van der Waals surface area (Å²) in [6.07, 6.45) is 0. The van der Waals surface area contributed by atoms with Crippen LogP contribution in [-0.4, -0.2) is 11.7 Å². The van der Waals surface area contributed by atoms with E-state index in [9.17, 15) is 4.79 Å². The molecule has 0 aliphatic rings. The molecule has 3 N–H and O–H groups in total. The minimum atomic E-state index is -0.686. The van der Waals surface area contributed by atoms with Crippen LogP contribution in [0.25, 0.3) is 0 Å². The predicted octanol–water partition coefficient (Wildman–Crippen LogP) is 2.10. The van der Waals surface area contributed by atoms with Gasteiger partial charge in [0.05, 0.1) is 0 Å². The van der Waals surface area contributed by atoms with Gasteiger partial charge in [-0.1, -0.05) is 13.8 Å². The number of rotatable bonds is 3. The largest absolute Gasteiger partial charge is 0.460 e. The van der Waals surface area contributed by atoms with Gasteiger partial charge in [-0.2, -0.15) is 5.10 Å². The van der Waals surface area contributed by atoms with E-state index >= 15 is 0 Å². The molecule has 0 bridgehead atoms. The van der Waals surface area contributed by atoms with Crippen molar-refractivity contribution in [1.29, 1.82) is 0 Å². The van der Waals surface area contributed by atoms with E-state index in [-0.39, 0.29) is 0 Å². The summed E-state index contributed by atoms with van der Waals surface area (Å²) in [5, 5.41) is 3.85. The molecule has 16 heavy (non-hydrogen) atoms. The number of carbonyl (C=O) groups is 1. The average molecular weight is 223 g/mol. The van der Waals surface area contributed by atoms with Gasteiger partial charge in [0.1, 0.15) is 11.5 Å². The van der Waals surface area contributed by atoms with Crippen LogP contribution in [-0.2, 0) is 0 Å². The van der Waals surface area contributed by atoms with Gasteiger partial charge >= 0.3 is 6.03 Å². The van der Waals surface area contributed by atoms with E-state index in [0.29, 0.717) is 17.4 Å². The van der Waals surface area contributed by atoms with Crippen molar-refractivity contribution in [2.75, 3.05) is 0 Å². The van der Waals surface area contributed by atoms with Gasteiger partial charge in [0, 0.05) is 5.56 Å². The highest BCUT2D eigenvalue weighted by atomic mass is 16.3. The van der Waals surface area contributed by atoms with Crippen LogP contribution >= 0.6 is 0 Å². The smallest absolute Gasteiger partial charge is 0.332 e. The molecule has 1 aromatic rings. The predicted molar refractivity (Wildman–Crippen MR) is 62.5 cm³/mol. The molecule has 5 nitrogen and oxygen atoms in total. The van der Waals surface area contributed by atoms with E-state index in [0.717, 1.165) is 11.3 Å². The van der Waals surface area contributed by atoms with Gasteiger partial charge in [-0.25, -0.2) is 10.2 Å². The zero-order valence-electron chi connectivity index (χ0n) is 10.00. The number of primary amides is 1. The monoisotopic (exact) mass is 223 g/mol. The Labute approximate surface area is 94.7 Å². The summed E-state index contributed by atoms with van der Waals surface area (Å²) in [6, 6.07) is 1.29. The highest BCUT2D eigenvalue weighted by molar-refractivity contribution is 5.98. The number of hydrogen-bond acceptors (Lipinski definition) is 3. The van der Waals surface area contributed by atoms with Crippen molar-refractivity contribution < 1.29 is 9.21 Å². The van der Waals surface area contributed by atoms with Gasteiger partial charge < -0.3 is 10.2 Å². The number of nitrogens with two attached hydrogens (primary N) is 1. The Morgan fingerprint density at radius 1 is 1.56 bits per heavy atom. The van der Waals surface area contributed by atoms with Crippen LogP contribution in [0.15, 0.2) is 15.6 Å². The average Bonchev–Trinajstić information content (AvgIpc) is 2.56. The van der Waals surface area contributed by atoms with Gasteiger partial charge in [0.2, 0.25) is 0 Å². The van der Waals surface area contributed by atoms with Crippen LogP contribution in [0.1, 0.15) is 43.8 Å². The molecule has 0 atom stereocenters. The van der Waals surface area contributed by atoms with Gasteiger partial charge in [-0.05, 0) is 25.8 Å². The fourth-order valence-corrected chi connectivity index (χ4v) is 1.44. The molecule has 2 amide bonds. The molecule has 0 aliphatic heterocycles. The Kier molecular flexibility index (Phi) is 3.71. The second-order valence-electron chi connectivity index (χ2n) is 3.97. The molecule has 1 heterocycles. The van der Waals surface area contributed by atoms with Crippen molar-refractivity contribution in [3.05, 3.63) is 23.2 Å². The van der Waals surface area contributed by atoms with E-state index in [2.05, 4.69) is 24.4 Å². The number of aryl methyl sites for hydroxylation is 1. The lowest BCUT2D eigenvalue weighted by Crippen LogP contribution is -2.25. The number of hydrazone groups is 1. The molecule has 0 radical (unpaired) electrons. The first-order chi connectivity index (χ1) is 7.41. The molecule has 0 fully saturated rings. The molecule has 0 aliphatic carbocycles. The molecule has 88 valence electrons. The van der Waals surface area contributed by atoms with Gasteiger partial charge in [0.15, 0.2) is 5.76 Å². The molecule has 0 spiro atoms. The Morgan fingerprint density at radius 3 is 2.69 bits per heavy atom. The topological polar surface area (TPSA) is 80.6 Å². The van der Waals surface area contributed by atoms with E-state index in [1.165, 1.54) is 0 Å². The van der Waals surface area contributed by atoms with Gasteiger partial charge in [0.25, 0.3) is 0 Å². The second-order valence-corrected chi connectivity index (χ2v) is 3.97. The lowest BCUT2D eigenvalue weighted by Gasteiger charge is -2.04. The quantitative estimate of drug-likeness (QED) is 0.607. The maximum atomic E-state index is 10.5. The summed E-state index contributed by atoms with van der Waals surface area (Å²) in [7, 11) is 0. The molecule has 0 saturated carbocycles. The summed E-state index contributed by atoms with van der Waals surface area (Å²) in [5.74, 6) is 1.86. The molecule has 5 heteroatoms. The number of nitrogens with one attached hydrogen (secondary N) is 1. The summed E-state index contributed by atoms with van der Waals surface area (Å²) in [4.78, 5) is 10.5. The lowest BCUT2D eigenvalue weighted by atomic mass is 10.0. The molecule has 1 rings (SSSR count). The molecule has 0 unspecified atom stereocenters. The van der Waals surface area contributed by atoms with E-state index in [1.54, 1.807) is 6.92 Å². The van der Waals surface area contributed by atoms with Crippen LogP contribution in [0.4, 0.5) is 4.79 Å². The Balaban J connectivity index is 3.02. The molecule has 1 aromatic heterocycles. The standard InChI is InChI=1S/C11H17N3O2/c1-6(2)9-5-7(3)16-10(9)8(4)13-14-11(12)15/h5-6H,1-4H3,(H3,12,14,15)/b13-8-. The Hall–Kier alpha value is -1.78. The Bertz CT molecular complexity index is 419. The first-order valence-corrected chi connectivity index (χ1v) is 5.12. The van der Waals surface area contributed by atoms with Crippen LogP contribution in [0.2, 0.25) is 0 Å². The van der Waals surface area contributed by atoms with Crippen LogP contribution < -0.4 is 11.2 Å². The summed E-state index contributed by atoms with van der Waals surface area (Å²) < 4.78 is 5.55. The van der Waals surface area contributed by atoms with E-state index < -0.39 is 6.03 Å². The van der Waals surface area contributed by atoms with E-state index in [4.69, 9.17) is 10.2 Å². The highest BCUT2D eigenvalue weighted by Crippen LogP contribution is 2.23. The van der Waals surface area contributed by atoms with Crippen molar-refractivity contribution in [2.24, 2.45) is 10.8 Å². The molecular formula is C11H17N3O2. The highest BCUT2D eigenvalue weighted by Gasteiger charge is 2.14. The maximum absolute atomic E-state index is 10.5. The number of hydrogen-bond donors (Lipinski definition) is 2. The zero-order valence-corrected chi connectivity index (χ0v) is 10.00. The van der Waals surface area contributed by atoms with Crippen molar-refractivity contribution in [2.45, 2.75) is 33.6 Å². The number of carbonyl (C=O) groups excluding carboxylic acids is 1. The molecule has 0 aromatic carbocycles. The van der Waals surface area contributed by atoms with Gasteiger partial charge in [-0.3, -0.25) is 0 Å². The minimum Gasteiger partial charge on any atom is -0.460 e. The molecular weight excluding hydrogens is 206 g/mol. The normalized spacial score (nSPS) is 11.9. The first-order valence-electron chi connectivity index (χ1n) is 5.12. The number of urea groups is 1. The minimum absolute atomic E-state index is 0.339. The van der Waals surface area contributed by atoms with Crippen LogP contribution in [0, 0.1) is 6.92 Å². The maximum Gasteiger partial charge on any atom is 0.332 e. The van der Waals surface area contributed by atoms with E-state index in [1.807, 2.05) is 13.0 Å².